The van der Waals surface area contributed by atoms with E-state index in [1.807, 2.05) is 31.2 Å². The van der Waals surface area contributed by atoms with E-state index >= 15 is 0 Å². The maximum Gasteiger partial charge on any atom is 0.221 e. The molecule has 0 aliphatic rings. The third-order valence-electron chi connectivity index (χ3n) is 2.06. The molecule has 4 nitrogen and oxygen atoms in total. The van der Waals surface area contributed by atoms with E-state index < -0.39 is 0 Å². The van der Waals surface area contributed by atoms with E-state index in [9.17, 15) is 9.59 Å². The molecular weight excluding hydrogens is 204 g/mol. The van der Waals surface area contributed by atoms with Crippen LogP contribution in [0.5, 0.6) is 0 Å². The molecule has 2 N–H and O–H groups in total. The highest BCUT2D eigenvalue weighted by Crippen LogP contribution is 2.10. The Bertz CT molecular complexity index is 388. The van der Waals surface area contributed by atoms with Gasteiger partial charge in [-0.15, -0.1) is 0 Å². The predicted octanol–water partition coefficient (Wildman–Crippen LogP) is 1.67. The van der Waals surface area contributed by atoms with E-state index in [1.54, 1.807) is 0 Å². The first-order valence-electron chi connectivity index (χ1n) is 5.25. The molecule has 0 aromatic heterocycles. The highest BCUT2D eigenvalue weighted by Gasteiger charge is 1.99. The Balaban J connectivity index is 2.60. The van der Waals surface area contributed by atoms with Crippen LogP contribution in [-0.4, -0.2) is 11.8 Å². The van der Waals surface area contributed by atoms with Crippen LogP contribution in [0.2, 0.25) is 0 Å². The van der Waals surface area contributed by atoms with Gasteiger partial charge in [0, 0.05) is 25.6 Å². The average molecular weight is 220 g/mol. The molecule has 0 saturated heterocycles. The number of carbonyl (C=O) groups excluding carboxylic acids is 2. The Morgan fingerprint density at radius 3 is 2.69 bits per heavy atom. The van der Waals surface area contributed by atoms with E-state index in [-0.39, 0.29) is 11.8 Å². The summed E-state index contributed by atoms with van der Waals surface area (Å²) in [4.78, 5) is 21.9. The molecule has 16 heavy (non-hydrogen) atoms. The van der Waals surface area contributed by atoms with Crippen molar-refractivity contribution in [3.05, 3.63) is 29.8 Å². The van der Waals surface area contributed by atoms with Gasteiger partial charge in [0.25, 0.3) is 0 Å². The first kappa shape index (κ1) is 12.2. The van der Waals surface area contributed by atoms with Crippen LogP contribution < -0.4 is 10.6 Å². The summed E-state index contributed by atoms with van der Waals surface area (Å²) in [6, 6.07) is 7.41. The van der Waals surface area contributed by atoms with Gasteiger partial charge in [0.15, 0.2) is 0 Å². The van der Waals surface area contributed by atoms with Crippen LogP contribution in [0, 0.1) is 0 Å². The van der Waals surface area contributed by atoms with Gasteiger partial charge < -0.3 is 10.6 Å². The molecule has 4 heteroatoms. The molecule has 0 bridgehead atoms. The maximum absolute atomic E-state index is 11.1. The number of amides is 2. The Kier molecular flexibility index (Phi) is 4.51. The van der Waals surface area contributed by atoms with Crippen molar-refractivity contribution in [2.75, 3.05) is 5.32 Å². The lowest BCUT2D eigenvalue weighted by Crippen LogP contribution is -2.21. The van der Waals surface area contributed by atoms with Crippen molar-refractivity contribution in [2.24, 2.45) is 0 Å². The van der Waals surface area contributed by atoms with Crippen molar-refractivity contribution < 1.29 is 9.59 Å². The molecule has 1 rings (SSSR count). The average Bonchev–Trinajstić information content (AvgIpc) is 2.25. The first-order chi connectivity index (χ1) is 7.61. The van der Waals surface area contributed by atoms with Gasteiger partial charge in [-0.2, -0.15) is 0 Å². The van der Waals surface area contributed by atoms with Crippen LogP contribution >= 0.6 is 0 Å². The smallest absolute Gasteiger partial charge is 0.221 e. The fourth-order valence-corrected chi connectivity index (χ4v) is 1.29. The SMILES string of the molecule is CCC(=O)NCc1cccc(NC(C)=O)c1. The lowest BCUT2D eigenvalue weighted by atomic mass is 10.2. The molecule has 0 radical (unpaired) electrons. The van der Waals surface area contributed by atoms with Crippen LogP contribution in [0.3, 0.4) is 0 Å². The summed E-state index contributed by atoms with van der Waals surface area (Å²) in [5.74, 6) is -0.0836. The Morgan fingerprint density at radius 2 is 2.06 bits per heavy atom. The highest BCUT2D eigenvalue weighted by atomic mass is 16.2. The molecule has 0 saturated carbocycles. The number of hydrogen-bond donors (Lipinski definition) is 2. The minimum absolute atomic E-state index is 0.0185. The number of carbonyl (C=O) groups is 2. The van der Waals surface area contributed by atoms with Crippen LogP contribution in [0.4, 0.5) is 5.69 Å². The first-order valence-corrected chi connectivity index (χ1v) is 5.25. The van der Waals surface area contributed by atoms with Crippen LogP contribution in [-0.2, 0) is 16.1 Å². The Hall–Kier alpha value is -1.84. The molecule has 0 atom stereocenters. The molecule has 0 heterocycles. The standard InChI is InChI=1S/C12H16N2O2/c1-3-12(16)13-8-10-5-4-6-11(7-10)14-9(2)15/h4-7H,3,8H2,1-2H3,(H,13,16)(H,14,15). The van der Waals surface area contributed by atoms with Crippen molar-refractivity contribution in [2.45, 2.75) is 26.8 Å². The fourth-order valence-electron chi connectivity index (χ4n) is 1.29. The number of benzene rings is 1. The van der Waals surface area contributed by atoms with Crippen LogP contribution in [0.25, 0.3) is 0 Å². The second-order valence-corrected chi connectivity index (χ2v) is 3.51. The Morgan fingerprint density at radius 1 is 1.31 bits per heavy atom. The van der Waals surface area contributed by atoms with Crippen molar-refractivity contribution >= 4 is 17.5 Å². The van der Waals surface area contributed by atoms with Gasteiger partial charge >= 0.3 is 0 Å². The lowest BCUT2D eigenvalue weighted by molar-refractivity contribution is -0.121. The topological polar surface area (TPSA) is 58.2 Å². The zero-order valence-electron chi connectivity index (χ0n) is 9.54. The van der Waals surface area contributed by atoms with Crippen molar-refractivity contribution in [3.63, 3.8) is 0 Å². The van der Waals surface area contributed by atoms with Gasteiger partial charge in [0.1, 0.15) is 0 Å². The van der Waals surface area contributed by atoms with Gasteiger partial charge in [-0.1, -0.05) is 19.1 Å². The molecule has 1 aromatic carbocycles. The second kappa shape index (κ2) is 5.90. The summed E-state index contributed by atoms with van der Waals surface area (Å²) in [5.41, 5.74) is 1.71. The van der Waals surface area contributed by atoms with Gasteiger partial charge in [0.2, 0.25) is 11.8 Å². The molecule has 1 aromatic rings. The van der Waals surface area contributed by atoms with Crippen LogP contribution in [0.1, 0.15) is 25.8 Å². The number of anilines is 1. The van der Waals surface area contributed by atoms with E-state index in [0.717, 1.165) is 11.3 Å². The van der Waals surface area contributed by atoms with Gasteiger partial charge in [-0.25, -0.2) is 0 Å². The monoisotopic (exact) mass is 220 g/mol. The third-order valence-corrected chi connectivity index (χ3v) is 2.06. The van der Waals surface area contributed by atoms with Crippen molar-refractivity contribution in [1.82, 2.24) is 5.32 Å². The zero-order chi connectivity index (χ0) is 12.0. The lowest BCUT2D eigenvalue weighted by Gasteiger charge is -2.06. The zero-order valence-corrected chi connectivity index (χ0v) is 9.54. The number of nitrogens with one attached hydrogen (secondary N) is 2. The fraction of sp³-hybridized carbons (Fsp3) is 0.333. The predicted molar refractivity (Wildman–Crippen MR) is 62.9 cm³/mol. The number of hydrogen-bond acceptors (Lipinski definition) is 2. The molecular formula is C12H16N2O2. The van der Waals surface area contributed by atoms with Crippen LogP contribution in [0.15, 0.2) is 24.3 Å². The van der Waals surface area contributed by atoms with Crippen molar-refractivity contribution in [3.8, 4) is 0 Å². The summed E-state index contributed by atoms with van der Waals surface area (Å²) in [6.07, 6.45) is 0.478. The van der Waals surface area contributed by atoms with Gasteiger partial charge in [-0.05, 0) is 17.7 Å². The van der Waals surface area contributed by atoms with E-state index in [0.29, 0.717) is 13.0 Å². The molecule has 0 spiro atoms. The molecule has 86 valence electrons. The summed E-state index contributed by atoms with van der Waals surface area (Å²) >= 11 is 0. The van der Waals surface area contributed by atoms with Gasteiger partial charge in [0.05, 0.1) is 0 Å². The maximum atomic E-state index is 11.1. The summed E-state index contributed by atoms with van der Waals surface area (Å²) in [7, 11) is 0. The Labute approximate surface area is 95.0 Å². The molecule has 0 aliphatic carbocycles. The van der Waals surface area contributed by atoms with E-state index in [1.165, 1.54) is 6.92 Å². The molecule has 0 aliphatic heterocycles. The quantitative estimate of drug-likeness (QED) is 0.811. The normalized spacial score (nSPS) is 9.62. The highest BCUT2D eigenvalue weighted by molar-refractivity contribution is 5.88. The summed E-state index contributed by atoms with van der Waals surface area (Å²) < 4.78 is 0. The summed E-state index contributed by atoms with van der Waals surface area (Å²) in [6.45, 7) is 3.76. The molecule has 2 amide bonds. The van der Waals surface area contributed by atoms with E-state index in [4.69, 9.17) is 0 Å². The third kappa shape index (κ3) is 4.13. The van der Waals surface area contributed by atoms with Gasteiger partial charge in [-0.3, -0.25) is 9.59 Å². The largest absolute Gasteiger partial charge is 0.352 e. The van der Waals surface area contributed by atoms with Crippen molar-refractivity contribution in [1.29, 1.82) is 0 Å². The molecule has 0 fully saturated rings. The summed E-state index contributed by atoms with van der Waals surface area (Å²) in [5, 5.41) is 5.47. The van der Waals surface area contributed by atoms with E-state index in [2.05, 4.69) is 10.6 Å². The minimum atomic E-state index is -0.102. The second-order valence-electron chi connectivity index (χ2n) is 3.51. The minimum Gasteiger partial charge on any atom is -0.352 e. The number of rotatable bonds is 4. The molecule has 0 unspecified atom stereocenters.